The third kappa shape index (κ3) is 2.45. The summed E-state index contributed by atoms with van der Waals surface area (Å²) in [6, 6.07) is 5.95. The van der Waals surface area contributed by atoms with Gasteiger partial charge in [0.1, 0.15) is 22.2 Å². The summed E-state index contributed by atoms with van der Waals surface area (Å²) in [7, 11) is 0. The van der Waals surface area contributed by atoms with Crippen molar-refractivity contribution in [1.29, 1.82) is 0 Å². The van der Waals surface area contributed by atoms with E-state index in [9.17, 15) is 4.39 Å². The predicted octanol–water partition coefficient (Wildman–Crippen LogP) is 2.55. The number of rotatable bonds is 3. The Kier molecular flexibility index (Phi) is 3.29. The summed E-state index contributed by atoms with van der Waals surface area (Å²) in [5, 5.41) is 10.9. The Morgan fingerprint density at radius 2 is 2.00 bits per heavy atom. The van der Waals surface area contributed by atoms with E-state index in [-0.39, 0.29) is 11.9 Å². The first kappa shape index (κ1) is 12.9. The molecule has 1 atom stereocenters. The molecule has 1 aromatic carbocycles. The van der Waals surface area contributed by atoms with Gasteiger partial charge >= 0.3 is 0 Å². The second kappa shape index (κ2) is 5.10. The Hall–Kier alpha value is -2.12. The Balaban J connectivity index is 1.91. The van der Waals surface area contributed by atoms with Crippen molar-refractivity contribution in [2.75, 3.05) is 0 Å². The molecule has 1 unspecified atom stereocenters. The first-order chi connectivity index (χ1) is 9.63. The van der Waals surface area contributed by atoms with E-state index in [0.717, 1.165) is 16.4 Å². The zero-order valence-corrected chi connectivity index (χ0v) is 11.5. The quantitative estimate of drug-likeness (QED) is 0.804. The molecule has 0 radical (unpaired) electrons. The SMILES string of the molecule is CC(N)c1nc(-c2cn(-c3ccc(F)cc3)nn2)cs1. The lowest BCUT2D eigenvalue weighted by molar-refractivity contribution is 0.626. The molecule has 7 heteroatoms. The Morgan fingerprint density at radius 3 is 2.65 bits per heavy atom. The van der Waals surface area contributed by atoms with Crippen molar-refractivity contribution in [3.63, 3.8) is 0 Å². The highest BCUT2D eigenvalue weighted by Crippen LogP contribution is 2.23. The molecule has 0 fully saturated rings. The van der Waals surface area contributed by atoms with Crippen LogP contribution < -0.4 is 5.73 Å². The molecule has 0 saturated heterocycles. The molecule has 0 spiro atoms. The number of hydrogen-bond donors (Lipinski definition) is 1. The van der Waals surface area contributed by atoms with Crippen LogP contribution in [0.5, 0.6) is 0 Å². The standard InChI is InChI=1S/C13H12FN5S/c1-8(15)13-16-12(7-20-13)11-6-19(18-17-11)10-4-2-9(14)3-5-10/h2-8H,15H2,1H3. The molecule has 2 N–H and O–H groups in total. The lowest BCUT2D eigenvalue weighted by Gasteiger charge is -1.98. The van der Waals surface area contributed by atoms with Gasteiger partial charge in [0.05, 0.1) is 17.9 Å². The third-order valence-electron chi connectivity index (χ3n) is 2.76. The van der Waals surface area contributed by atoms with E-state index < -0.39 is 0 Å². The minimum absolute atomic E-state index is 0.0964. The topological polar surface area (TPSA) is 69.6 Å². The average molecular weight is 289 g/mol. The van der Waals surface area contributed by atoms with Crippen molar-refractivity contribution >= 4 is 11.3 Å². The molecule has 5 nitrogen and oxygen atoms in total. The molecule has 0 aliphatic carbocycles. The molecule has 3 rings (SSSR count). The summed E-state index contributed by atoms with van der Waals surface area (Å²) in [5.74, 6) is -0.282. The Labute approximate surface area is 118 Å². The Bertz CT molecular complexity index is 716. The van der Waals surface area contributed by atoms with Crippen LogP contribution in [0.4, 0.5) is 4.39 Å². The fourth-order valence-electron chi connectivity index (χ4n) is 1.72. The lowest BCUT2D eigenvalue weighted by Crippen LogP contribution is -2.03. The van der Waals surface area contributed by atoms with Gasteiger partial charge in [-0.1, -0.05) is 5.21 Å². The van der Waals surface area contributed by atoms with Gasteiger partial charge in [-0.3, -0.25) is 0 Å². The van der Waals surface area contributed by atoms with Gasteiger partial charge < -0.3 is 5.73 Å². The van der Waals surface area contributed by atoms with Crippen molar-refractivity contribution in [2.45, 2.75) is 13.0 Å². The molecule has 3 aromatic rings. The molecule has 0 saturated carbocycles. The molecule has 0 bridgehead atoms. The summed E-state index contributed by atoms with van der Waals surface area (Å²) in [6.07, 6.45) is 1.76. The molecule has 2 aromatic heterocycles. The summed E-state index contributed by atoms with van der Waals surface area (Å²) in [4.78, 5) is 4.42. The highest BCUT2D eigenvalue weighted by atomic mass is 32.1. The van der Waals surface area contributed by atoms with E-state index in [0.29, 0.717) is 5.69 Å². The second-order valence-electron chi connectivity index (χ2n) is 4.38. The van der Waals surface area contributed by atoms with Gasteiger partial charge in [-0.25, -0.2) is 14.1 Å². The van der Waals surface area contributed by atoms with Crippen molar-refractivity contribution in [1.82, 2.24) is 20.0 Å². The maximum absolute atomic E-state index is 12.9. The van der Waals surface area contributed by atoms with Gasteiger partial charge in [0.25, 0.3) is 0 Å². The molecule has 0 amide bonds. The predicted molar refractivity (Wildman–Crippen MR) is 75.0 cm³/mol. The second-order valence-corrected chi connectivity index (χ2v) is 5.27. The largest absolute Gasteiger partial charge is 0.322 e. The lowest BCUT2D eigenvalue weighted by atomic mass is 10.3. The summed E-state index contributed by atoms with van der Waals surface area (Å²) in [5.41, 5.74) is 7.94. The van der Waals surface area contributed by atoms with Gasteiger partial charge in [-0.05, 0) is 31.2 Å². The summed E-state index contributed by atoms with van der Waals surface area (Å²) < 4.78 is 14.5. The third-order valence-corrected chi connectivity index (χ3v) is 3.80. The van der Waals surface area contributed by atoms with Crippen LogP contribution in [0, 0.1) is 5.82 Å². The molecular formula is C13H12FN5S. The van der Waals surface area contributed by atoms with Crippen molar-refractivity contribution in [2.24, 2.45) is 5.73 Å². The normalized spacial score (nSPS) is 12.6. The fraction of sp³-hybridized carbons (Fsp3) is 0.154. The number of aromatic nitrogens is 4. The van der Waals surface area contributed by atoms with Gasteiger partial charge in [0.2, 0.25) is 0 Å². The fourth-order valence-corrected chi connectivity index (χ4v) is 2.49. The number of hydrogen-bond acceptors (Lipinski definition) is 5. The number of halogens is 1. The van der Waals surface area contributed by atoms with E-state index in [4.69, 9.17) is 5.73 Å². The molecular weight excluding hydrogens is 277 g/mol. The molecule has 2 heterocycles. The molecule has 0 aliphatic heterocycles. The van der Waals surface area contributed by atoms with Crippen LogP contribution in [-0.2, 0) is 0 Å². The van der Waals surface area contributed by atoms with E-state index >= 15 is 0 Å². The minimum atomic E-state index is -0.282. The highest BCUT2D eigenvalue weighted by molar-refractivity contribution is 7.10. The maximum atomic E-state index is 12.9. The summed E-state index contributed by atoms with van der Waals surface area (Å²) >= 11 is 1.50. The number of nitrogens with zero attached hydrogens (tertiary/aromatic N) is 4. The van der Waals surface area contributed by atoms with Crippen LogP contribution in [0.1, 0.15) is 18.0 Å². The van der Waals surface area contributed by atoms with E-state index in [1.54, 1.807) is 23.0 Å². The van der Waals surface area contributed by atoms with E-state index in [2.05, 4.69) is 15.3 Å². The minimum Gasteiger partial charge on any atom is -0.322 e. The van der Waals surface area contributed by atoms with Crippen LogP contribution in [-0.4, -0.2) is 20.0 Å². The highest BCUT2D eigenvalue weighted by Gasteiger charge is 2.11. The molecule has 20 heavy (non-hydrogen) atoms. The van der Waals surface area contributed by atoms with Crippen LogP contribution >= 0.6 is 11.3 Å². The zero-order valence-electron chi connectivity index (χ0n) is 10.7. The Morgan fingerprint density at radius 1 is 1.25 bits per heavy atom. The van der Waals surface area contributed by atoms with Crippen molar-refractivity contribution in [3.05, 3.63) is 46.7 Å². The zero-order chi connectivity index (χ0) is 14.1. The summed E-state index contributed by atoms with van der Waals surface area (Å²) in [6.45, 7) is 1.89. The first-order valence-corrected chi connectivity index (χ1v) is 6.91. The van der Waals surface area contributed by atoms with Gasteiger partial charge in [-0.15, -0.1) is 16.4 Å². The maximum Gasteiger partial charge on any atom is 0.132 e. The number of benzene rings is 1. The van der Waals surface area contributed by atoms with Gasteiger partial charge in [-0.2, -0.15) is 0 Å². The van der Waals surface area contributed by atoms with Crippen molar-refractivity contribution < 1.29 is 4.39 Å². The van der Waals surface area contributed by atoms with E-state index in [1.807, 2.05) is 12.3 Å². The monoisotopic (exact) mass is 289 g/mol. The van der Waals surface area contributed by atoms with Crippen LogP contribution in [0.15, 0.2) is 35.8 Å². The van der Waals surface area contributed by atoms with Crippen LogP contribution in [0.3, 0.4) is 0 Å². The van der Waals surface area contributed by atoms with Crippen LogP contribution in [0.2, 0.25) is 0 Å². The molecule has 102 valence electrons. The van der Waals surface area contributed by atoms with Gasteiger partial charge in [0.15, 0.2) is 0 Å². The number of nitrogens with two attached hydrogens (primary N) is 1. The van der Waals surface area contributed by atoms with Crippen molar-refractivity contribution in [3.8, 4) is 17.1 Å². The van der Waals surface area contributed by atoms with Gasteiger partial charge in [0, 0.05) is 5.38 Å². The average Bonchev–Trinajstić information content (AvgIpc) is 3.08. The first-order valence-electron chi connectivity index (χ1n) is 6.03. The van der Waals surface area contributed by atoms with E-state index in [1.165, 1.54) is 23.5 Å². The smallest absolute Gasteiger partial charge is 0.132 e. The van der Waals surface area contributed by atoms with Crippen LogP contribution in [0.25, 0.3) is 17.1 Å². The molecule has 0 aliphatic rings. The number of thiazole rings is 1.